The number of hydrogen-bond donors (Lipinski definition) is 1. The van der Waals surface area contributed by atoms with Gasteiger partial charge in [-0.3, -0.25) is 9.59 Å². The molecule has 0 bridgehead atoms. The number of primary amides is 1. The first-order valence-electron chi connectivity index (χ1n) is 1.64. The van der Waals surface area contributed by atoms with Crippen LogP contribution in [0, 0.1) is 0 Å². The third-order valence-electron chi connectivity index (χ3n) is 0.428. The van der Waals surface area contributed by atoms with Crippen LogP contribution in [0.15, 0.2) is 12.7 Å². The fourth-order valence-corrected chi connectivity index (χ4v) is 0.101. The van der Waals surface area contributed by atoms with E-state index in [0.717, 1.165) is 6.08 Å². The second kappa shape index (κ2) is 2.12. The van der Waals surface area contributed by atoms with E-state index in [1.807, 2.05) is 0 Å². The zero-order chi connectivity index (χ0) is 5.86. The molecule has 0 spiro atoms. The number of hydrogen-bond acceptors (Lipinski definition) is 2. The molecule has 1 amide bonds. The Bertz CT molecular complexity index is 117. The lowest BCUT2D eigenvalue weighted by Crippen LogP contribution is -2.20. The van der Waals surface area contributed by atoms with Crippen molar-refractivity contribution in [3.05, 3.63) is 12.7 Å². The first-order chi connectivity index (χ1) is 3.18. The van der Waals surface area contributed by atoms with Crippen molar-refractivity contribution in [3.63, 3.8) is 0 Å². The molecular weight excluding hydrogens is 94.0 g/mol. The maximum atomic E-state index is 9.92. The van der Waals surface area contributed by atoms with Gasteiger partial charge in [-0.2, -0.15) is 0 Å². The Kier molecular flexibility index (Phi) is 1.78. The molecule has 0 aromatic carbocycles. The van der Waals surface area contributed by atoms with Gasteiger partial charge in [-0.1, -0.05) is 6.58 Å². The summed E-state index contributed by atoms with van der Waals surface area (Å²) in [5, 5.41) is 0. The smallest absolute Gasteiger partial charge is 0.289 e. The summed E-state index contributed by atoms with van der Waals surface area (Å²) in [6, 6.07) is 0. The molecular formula is C4H5NO2. The largest absolute Gasteiger partial charge is 0.363 e. The molecule has 0 aliphatic heterocycles. The third kappa shape index (κ3) is 1.70. The highest BCUT2D eigenvalue weighted by Crippen LogP contribution is 1.65. The minimum absolute atomic E-state index is 0.750. The van der Waals surface area contributed by atoms with Crippen molar-refractivity contribution in [2.75, 3.05) is 0 Å². The lowest BCUT2D eigenvalue weighted by atomic mass is 10.4. The summed E-state index contributed by atoms with van der Waals surface area (Å²) in [5.41, 5.74) is 4.49. The Labute approximate surface area is 40.8 Å². The SMILES string of the molecule is C=CC(=O)C(N)=O. The molecule has 0 aliphatic rings. The zero-order valence-corrected chi connectivity index (χ0v) is 3.68. The van der Waals surface area contributed by atoms with Crippen molar-refractivity contribution in [2.45, 2.75) is 0 Å². The van der Waals surface area contributed by atoms with Gasteiger partial charge in [-0.15, -0.1) is 0 Å². The molecule has 38 valence electrons. The average molecular weight is 99.1 g/mol. The standard InChI is InChI=1S/C4H5NO2/c1-2-3(6)4(5)7/h2H,1H2,(H2,5,7). The Morgan fingerprint density at radius 3 is 2.00 bits per heavy atom. The minimum Gasteiger partial charge on any atom is -0.363 e. The van der Waals surface area contributed by atoms with E-state index in [4.69, 9.17) is 0 Å². The maximum Gasteiger partial charge on any atom is 0.289 e. The van der Waals surface area contributed by atoms with Gasteiger partial charge < -0.3 is 5.73 Å². The monoisotopic (exact) mass is 99.0 g/mol. The summed E-state index contributed by atoms with van der Waals surface area (Å²) in [6.07, 6.45) is 0.877. The van der Waals surface area contributed by atoms with Crippen molar-refractivity contribution in [2.24, 2.45) is 5.73 Å². The van der Waals surface area contributed by atoms with Gasteiger partial charge in [0.25, 0.3) is 5.91 Å². The van der Waals surface area contributed by atoms with E-state index in [1.54, 1.807) is 0 Å². The van der Waals surface area contributed by atoms with Crippen LogP contribution in [-0.4, -0.2) is 11.7 Å². The molecule has 0 unspecified atom stereocenters. The van der Waals surface area contributed by atoms with Gasteiger partial charge in [-0.25, -0.2) is 0 Å². The number of carbonyl (C=O) groups is 2. The first-order valence-corrected chi connectivity index (χ1v) is 1.64. The first kappa shape index (κ1) is 5.88. The molecule has 7 heavy (non-hydrogen) atoms. The average Bonchev–Trinajstić information content (AvgIpc) is 1.65. The molecule has 0 aromatic rings. The molecule has 0 heterocycles. The second-order valence-electron chi connectivity index (χ2n) is 0.933. The quantitative estimate of drug-likeness (QED) is 0.365. The van der Waals surface area contributed by atoms with E-state index in [9.17, 15) is 9.59 Å². The van der Waals surface area contributed by atoms with Crippen LogP contribution >= 0.6 is 0 Å². The van der Waals surface area contributed by atoms with Crippen molar-refractivity contribution >= 4 is 11.7 Å². The summed E-state index contributed by atoms with van der Waals surface area (Å²) in [7, 11) is 0. The Morgan fingerprint density at radius 1 is 1.57 bits per heavy atom. The summed E-state index contributed by atoms with van der Waals surface area (Å²) >= 11 is 0. The number of amides is 1. The van der Waals surface area contributed by atoms with Crippen LogP contribution in [0.4, 0.5) is 0 Å². The lowest BCUT2D eigenvalue weighted by molar-refractivity contribution is -0.133. The normalized spacial score (nSPS) is 7.43. The van der Waals surface area contributed by atoms with Gasteiger partial charge in [0.15, 0.2) is 0 Å². The second-order valence-corrected chi connectivity index (χ2v) is 0.933. The van der Waals surface area contributed by atoms with Crippen LogP contribution in [0.1, 0.15) is 0 Å². The van der Waals surface area contributed by atoms with Gasteiger partial charge in [0.2, 0.25) is 5.78 Å². The van der Waals surface area contributed by atoms with Crippen LogP contribution in [-0.2, 0) is 9.59 Å². The van der Waals surface area contributed by atoms with E-state index in [2.05, 4.69) is 12.3 Å². The van der Waals surface area contributed by atoms with Gasteiger partial charge in [-0.05, 0) is 6.08 Å². The van der Waals surface area contributed by atoms with Crippen molar-refractivity contribution < 1.29 is 9.59 Å². The molecule has 2 N–H and O–H groups in total. The summed E-state index contributed by atoms with van der Waals surface area (Å²) < 4.78 is 0. The zero-order valence-electron chi connectivity index (χ0n) is 3.68. The molecule has 0 aromatic heterocycles. The van der Waals surface area contributed by atoms with Gasteiger partial charge in [0.05, 0.1) is 0 Å². The van der Waals surface area contributed by atoms with E-state index in [1.165, 1.54) is 0 Å². The maximum absolute atomic E-state index is 9.92. The Balaban J connectivity index is 3.81. The van der Waals surface area contributed by atoms with Crippen LogP contribution in [0.2, 0.25) is 0 Å². The molecule has 0 saturated carbocycles. The predicted molar refractivity (Wildman–Crippen MR) is 24.4 cm³/mol. The molecule has 0 atom stereocenters. The number of carbonyl (C=O) groups excluding carboxylic acids is 2. The summed E-state index contributed by atoms with van der Waals surface area (Å²) in [6.45, 7) is 3.03. The highest BCUT2D eigenvalue weighted by Gasteiger charge is 1.99. The molecule has 0 radical (unpaired) electrons. The number of rotatable bonds is 2. The number of nitrogens with two attached hydrogens (primary N) is 1. The van der Waals surface area contributed by atoms with E-state index >= 15 is 0 Å². The van der Waals surface area contributed by atoms with Crippen LogP contribution in [0.3, 0.4) is 0 Å². The van der Waals surface area contributed by atoms with Gasteiger partial charge in [0.1, 0.15) is 0 Å². The predicted octanol–water partition coefficient (Wildman–Crippen LogP) is -0.773. The van der Waals surface area contributed by atoms with Crippen molar-refractivity contribution in [1.29, 1.82) is 0 Å². The van der Waals surface area contributed by atoms with Crippen LogP contribution in [0.5, 0.6) is 0 Å². The van der Waals surface area contributed by atoms with Crippen LogP contribution in [0.25, 0.3) is 0 Å². The fraction of sp³-hybridized carbons (Fsp3) is 0. The Hall–Kier alpha value is -1.12. The minimum atomic E-state index is -0.963. The van der Waals surface area contributed by atoms with Crippen molar-refractivity contribution in [1.82, 2.24) is 0 Å². The Morgan fingerprint density at radius 2 is 2.00 bits per heavy atom. The lowest BCUT2D eigenvalue weighted by Gasteiger charge is -1.77. The van der Waals surface area contributed by atoms with Gasteiger partial charge in [0, 0.05) is 0 Å². The van der Waals surface area contributed by atoms with E-state index in [0.29, 0.717) is 0 Å². The fourth-order valence-electron chi connectivity index (χ4n) is 0.101. The van der Waals surface area contributed by atoms with Crippen molar-refractivity contribution in [3.8, 4) is 0 Å². The van der Waals surface area contributed by atoms with E-state index in [-0.39, 0.29) is 0 Å². The number of ketones is 1. The third-order valence-corrected chi connectivity index (χ3v) is 0.428. The summed E-state index contributed by atoms with van der Waals surface area (Å²) in [5.74, 6) is -1.71. The molecule has 0 rings (SSSR count). The van der Waals surface area contributed by atoms with Gasteiger partial charge >= 0.3 is 0 Å². The topological polar surface area (TPSA) is 60.2 Å². The molecule has 0 saturated heterocycles. The molecule has 0 aliphatic carbocycles. The molecule has 3 nitrogen and oxygen atoms in total. The highest BCUT2D eigenvalue weighted by molar-refractivity contribution is 6.39. The van der Waals surface area contributed by atoms with E-state index < -0.39 is 11.7 Å². The molecule has 3 heteroatoms. The summed E-state index contributed by atoms with van der Waals surface area (Å²) in [4.78, 5) is 19.7. The van der Waals surface area contributed by atoms with Crippen LogP contribution < -0.4 is 5.73 Å². The molecule has 0 fully saturated rings. The highest BCUT2D eigenvalue weighted by atomic mass is 16.2.